The number of hydrogen-bond donors (Lipinski definition) is 5. The van der Waals surface area contributed by atoms with Crippen LogP contribution in [0.3, 0.4) is 0 Å². The van der Waals surface area contributed by atoms with Crippen LogP contribution in [0, 0.1) is 0 Å². The first kappa shape index (κ1) is 40.1. The number of phenols is 1. The number of unbranched alkanes of at least 4 members (excludes halogenated alkanes) is 3. The molecule has 0 saturated heterocycles. The Kier molecular flexibility index (Phi) is 14.5. The molecule has 0 spiro atoms. The number of aliphatic carboxylic acids is 1. The van der Waals surface area contributed by atoms with E-state index in [9.17, 15) is 34.2 Å². The fourth-order valence-electron chi connectivity index (χ4n) is 6.88. The normalized spacial score (nSPS) is 13.7. The number of carbonyl (C=O) groups is 5. The standard InChI is InChI=1S/C44H48N4O7/c49-36-25-23-35(24-26-36)44(33-17-7-2-8-18-33,34-19-9-3-10-20-34)45-29-13-12-21-37(43(54)55)47-42(53)38(31-32-15-5-1-6-16-32)46-39(50)22-11-4-14-30-48-40(51)27-28-41(48)52/h1-3,5-10,15-20,23-28,37-38,45,49H,4,11-14,21-22,29-31H2,(H,46,50)(H,47,53)(H,54,55)/t37-,38-/m0/s1. The van der Waals surface area contributed by atoms with Crippen LogP contribution in [0.5, 0.6) is 5.75 Å². The van der Waals surface area contributed by atoms with E-state index >= 15 is 0 Å². The lowest BCUT2D eigenvalue weighted by molar-refractivity contribution is -0.142. The molecule has 4 amide bonds. The van der Waals surface area contributed by atoms with Gasteiger partial charge in [-0.1, -0.05) is 110 Å². The first-order valence-electron chi connectivity index (χ1n) is 18.7. The zero-order valence-electron chi connectivity index (χ0n) is 30.7. The largest absolute Gasteiger partial charge is 0.508 e. The van der Waals surface area contributed by atoms with Gasteiger partial charge in [-0.25, -0.2) is 4.79 Å². The first-order chi connectivity index (χ1) is 26.7. The fourth-order valence-corrected chi connectivity index (χ4v) is 6.88. The molecule has 0 bridgehead atoms. The van der Waals surface area contributed by atoms with Gasteiger partial charge >= 0.3 is 5.97 Å². The average molecular weight is 745 g/mol. The predicted molar refractivity (Wildman–Crippen MR) is 209 cm³/mol. The molecule has 0 aliphatic carbocycles. The Hall–Kier alpha value is -6.07. The average Bonchev–Trinajstić information content (AvgIpc) is 3.52. The quantitative estimate of drug-likeness (QED) is 0.0440. The van der Waals surface area contributed by atoms with Crippen molar-refractivity contribution in [2.45, 2.75) is 69.0 Å². The van der Waals surface area contributed by atoms with Crippen LogP contribution in [-0.2, 0) is 35.9 Å². The molecule has 0 aromatic heterocycles. The van der Waals surface area contributed by atoms with E-state index in [2.05, 4.69) is 16.0 Å². The molecule has 0 radical (unpaired) electrons. The Bertz CT molecular complexity index is 1860. The number of rotatable bonds is 21. The van der Waals surface area contributed by atoms with E-state index < -0.39 is 29.5 Å². The first-order valence-corrected chi connectivity index (χ1v) is 18.7. The van der Waals surface area contributed by atoms with E-state index in [0.717, 1.165) is 27.2 Å². The Labute approximate surface area is 321 Å². The molecule has 286 valence electrons. The topological polar surface area (TPSA) is 165 Å². The Morgan fingerprint density at radius 2 is 1.20 bits per heavy atom. The van der Waals surface area contributed by atoms with Gasteiger partial charge in [0.05, 0.1) is 5.54 Å². The summed E-state index contributed by atoms with van der Waals surface area (Å²) in [5.74, 6) is -2.62. The summed E-state index contributed by atoms with van der Waals surface area (Å²) < 4.78 is 0. The van der Waals surface area contributed by atoms with Crippen molar-refractivity contribution < 1.29 is 34.2 Å². The number of carbonyl (C=O) groups excluding carboxylic acids is 4. The molecule has 0 saturated carbocycles. The molecule has 2 atom stereocenters. The molecule has 4 aromatic rings. The summed E-state index contributed by atoms with van der Waals surface area (Å²) in [5.41, 5.74) is 2.98. The van der Waals surface area contributed by atoms with Gasteiger partial charge in [-0.05, 0) is 73.0 Å². The molecule has 1 heterocycles. The Morgan fingerprint density at radius 3 is 1.78 bits per heavy atom. The highest BCUT2D eigenvalue weighted by atomic mass is 16.4. The predicted octanol–water partition coefficient (Wildman–Crippen LogP) is 5.23. The summed E-state index contributed by atoms with van der Waals surface area (Å²) in [7, 11) is 0. The summed E-state index contributed by atoms with van der Waals surface area (Å²) in [6, 6.07) is 34.2. The highest BCUT2D eigenvalue weighted by Gasteiger charge is 2.36. The summed E-state index contributed by atoms with van der Waals surface area (Å²) >= 11 is 0. The number of carboxylic acids is 1. The van der Waals surface area contributed by atoms with Gasteiger partial charge in [-0.3, -0.25) is 29.4 Å². The van der Waals surface area contributed by atoms with Crippen molar-refractivity contribution in [1.29, 1.82) is 0 Å². The minimum Gasteiger partial charge on any atom is -0.508 e. The second kappa shape index (κ2) is 19.8. The van der Waals surface area contributed by atoms with Crippen molar-refractivity contribution in [2.75, 3.05) is 13.1 Å². The summed E-state index contributed by atoms with van der Waals surface area (Å²) in [5, 5.41) is 29.4. The number of amides is 4. The van der Waals surface area contributed by atoms with E-state index in [4.69, 9.17) is 0 Å². The number of aromatic hydroxyl groups is 1. The second-order valence-electron chi connectivity index (χ2n) is 13.6. The van der Waals surface area contributed by atoms with Gasteiger partial charge in [0.1, 0.15) is 17.8 Å². The smallest absolute Gasteiger partial charge is 0.326 e. The number of nitrogens with one attached hydrogen (secondary N) is 3. The highest BCUT2D eigenvalue weighted by Crippen LogP contribution is 2.37. The second-order valence-corrected chi connectivity index (χ2v) is 13.6. The van der Waals surface area contributed by atoms with E-state index in [1.807, 2.05) is 103 Å². The van der Waals surface area contributed by atoms with Gasteiger partial charge in [-0.2, -0.15) is 0 Å². The molecule has 11 nitrogen and oxygen atoms in total. The van der Waals surface area contributed by atoms with Crippen molar-refractivity contribution >= 4 is 29.6 Å². The third-order valence-electron chi connectivity index (χ3n) is 9.76. The molecule has 11 heteroatoms. The lowest BCUT2D eigenvalue weighted by Crippen LogP contribution is -2.52. The van der Waals surface area contributed by atoms with Crippen molar-refractivity contribution in [3.8, 4) is 5.75 Å². The number of phenolic OH excluding ortho intramolecular Hbond substituents is 1. The molecule has 0 unspecified atom stereocenters. The van der Waals surface area contributed by atoms with Crippen LogP contribution < -0.4 is 16.0 Å². The summed E-state index contributed by atoms with van der Waals surface area (Å²) in [6.07, 6.45) is 5.69. The Morgan fingerprint density at radius 1 is 0.636 bits per heavy atom. The maximum atomic E-state index is 13.6. The molecule has 1 aliphatic heterocycles. The minimum absolute atomic E-state index is 0.131. The van der Waals surface area contributed by atoms with E-state index in [0.29, 0.717) is 38.6 Å². The van der Waals surface area contributed by atoms with Crippen LogP contribution in [0.15, 0.2) is 127 Å². The molecule has 4 aromatic carbocycles. The Balaban J connectivity index is 1.19. The van der Waals surface area contributed by atoms with Crippen molar-refractivity contribution in [2.24, 2.45) is 0 Å². The molecule has 0 fully saturated rings. The van der Waals surface area contributed by atoms with E-state index in [1.165, 1.54) is 12.2 Å². The zero-order valence-corrected chi connectivity index (χ0v) is 30.7. The van der Waals surface area contributed by atoms with Gasteiger partial charge < -0.3 is 20.8 Å². The number of nitrogens with zero attached hydrogens (tertiary/aromatic N) is 1. The lowest BCUT2D eigenvalue weighted by Gasteiger charge is -2.37. The van der Waals surface area contributed by atoms with Crippen LogP contribution in [0.25, 0.3) is 0 Å². The van der Waals surface area contributed by atoms with Gasteiger partial charge in [0, 0.05) is 31.5 Å². The molecule has 5 N–H and O–H groups in total. The molecular weight excluding hydrogens is 697 g/mol. The highest BCUT2D eigenvalue weighted by molar-refractivity contribution is 6.12. The third kappa shape index (κ3) is 11.0. The van der Waals surface area contributed by atoms with Crippen LogP contribution in [0.1, 0.15) is 67.2 Å². The molecule has 1 aliphatic rings. The molecular formula is C44H48N4O7. The fraction of sp³-hybridized carbons (Fsp3) is 0.295. The van der Waals surface area contributed by atoms with Gasteiger partial charge in [-0.15, -0.1) is 0 Å². The van der Waals surface area contributed by atoms with Crippen molar-refractivity contribution in [3.05, 3.63) is 150 Å². The van der Waals surface area contributed by atoms with Crippen LogP contribution in [-0.4, -0.2) is 69.9 Å². The minimum atomic E-state index is -1.17. The van der Waals surface area contributed by atoms with E-state index in [-0.39, 0.29) is 49.3 Å². The van der Waals surface area contributed by atoms with Gasteiger partial charge in [0.2, 0.25) is 11.8 Å². The zero-order chi connectivity index (χ0) is 39.0. The van der Waals surface area contributed by atoms with Crippen LogP contribution in [0.4, 0.5) is 0 Å². The number of imide groups is 1. The third-order valence-corrected chi connectivity index (χ3v) is 9.76. The van der Waals surface area contributed by atoms with Crippen molar-refractivity contribution in [1.82, 2.24) is 20.9 Å². The molecule has 55 heavy (non-hydrogen) atoms. The number of carboxylic acid groups (broad SMARTS) is 1. The maximum Gasteiger partial charge on any atom is 0.326 e. The van der Waals surface area contributed by atoms with Crippen LogP contribution in [0.2, 0.25) is 0 Å². The number of benzene rings is 4. The van der Waals surface area contributed by atoms with E-state index in [1.54, 1.807) is 12.1 Å². The van der Waals surface area contributed by atoms with Crippen molar-refractivity contribution in [3.63, 3.8) is 0 Å². The summed E-state index contributed by atoms with van der Waals surface area (Å²) in [6.45, 7) is 0.788. The van der Waals surface area contributed by atoms with Gasteiger partial charge in [0.25, 0.3) is 11.8 Å². The summed E-state index contributed by atoms with van der Waals surface area (Å²) in [4.78, 5) is 63.7. The lowest BCUT2D eigenvalue weighted by atomic mass is 9.77. The van der Waals surface area contributed by atoms with Crippen LogP contribution >= 0.6 is 0 Å². The maximum absolute atomic E-state index is 13.6. The van der Waals surface area contributed by atoms with Gasteiger partial charge in [0.15, 0.2) is 0 Å². The molecule has 5 rings (SSSR count). The number of hydrogen-bond acceptors (Lipinski definition) is 7. The SMILES string of the molecule is O=C(CCCCCN1C(=O)C=CC1=O)N[C@@H](Cc1ccccc1)C(=O)N[C@@H](CCCCNC(c1ccccc1)(c1ccccc1)c1ccc(O)cc1)C(=O)O. The monoisotopic (exact) mass is 744 g/mol.